The lowest BCUT2D eigenvalue weighted by Crippen LogP contribution is -3.00. The number of rotatable bonds is 18. The Kier molecular flexibility index (Phi) is 25.5. The van der Waals surface area contributed by atoms with Crippen molar-refractivity contribution in [3.8, 4) is 0 Å². The van der Waals surface area contributed by atoms with Crippen LogP contribution < -0.4 is 12.4 Å². The van der Waals surface area contributed by atoms with E-state index in [1.807, 2.05) is 0 Å². The first-order valence-corrected chi connectivity index (χ1v) is 12.2. The van der Waals surface area contributed by atoms with Crippen LogP contribution in [0.3, 0.4) is 0 Å². The molecule has 0 radical (unpaired) electrons. The van der Waals surface area contributed by atoms with Crippen molar-refractivity contribution in [3.05, 3.63) is 0 Å². The second-order valence-corrected chi connectivity index (χ2v) is 9.52. The van der Waals surface area contributed by atoms with Crippen LogP contribution >= 0.6 is 0 Å². The van der Waals surface area contributed by atoms with Crippen molar-refractivity contribution in [2.45, 2.75) is 117 Å². The highest BCUT2D eigenvalue weighted by molar-refractivity contribution is 7.96. The molecule has 0 aliphatic carbocycles. The summed E-state index contributed by atoms with van der Waals surface area (Å²) in [6, 6.07) is 0. The van der Waals surface area contributed by atoms with E-state index < -0.39 is 0 Å². The van der Waals surface area contributed by atoms with Gasteiger partial charge < -0.3 is 12.4 Å². The van der Waals surface area contributed by atoms with E-state index in [0.717, 1.165) is 10.9 Å². The summed E-state index contributed by atoms with van der Waals surface area (Å²) in [5.74, 6) is 4.42. The van der Waals surface area contributed by atoms with E-state index in [4.69, 9.17) is 0 Å². The first kappa shape index (κ1) is 25.9. The Hall–Kier alpha value is 0.640. The molecule has 2 heteroatoms. The van der Waals surface area contributed by atoms with Crippen molar-refractivity contribution in [3.63, 3.8) is 0 Å². The van der Waals surface area contributed by atoms with Gasteiger partial charge in [0.2, 0.25) is 0 Å². The van der Waals surface area contributed by atoms with Crippen molar-refractivity contribution in [2.75, 3.05) is 17.3 Å². The van der Waals surface area contributed by atoms with Crippen LogP contribution in [-0.2, 0) is 10.9 Å². The maximum absolute atomic E-state index is 2.38. The summed E-state index contributed by atoms with van der Waals surface area (Å²) in [6.07, 6.45) is 22.0. The first-order chi connectivity index (χ1) is 10.8. The summed E-state index contributed by atoms with van der Waals surface area (Å²) in [6.45, 7) is 7.01. The van der Waals surface area contributed by atoms with E-state index in [1.165, 1.54) is 114 Å². The van der Waals surface area contributed by atoms with Gasteiger partial charge in [-0.1, -0.05) is 90.9 Å². The van der Waals surface area contributed by atoms with Crippen LogP contribution in [0.25, 0.3) is 0 Å². The molecule has 1 atom stereocenters. The largest absolute Gasteiger partial charge is 1.00 e. The molecular formula is C21H45ClS. The second kappa shape index (κ2) is 22.6. The molecule has 142 valence electrons. The minimum absolute atomic E-state index is 0. The summed E-state index contributed by atoms with van der Waals surface area (Å²) in [5.41, 5.74) is 0. The monoisotopic (exact) mass is 364 g/mol. The fourth-order valence-corrected chi connectivity index (χ4v) is 5.15. The SMILES string of the molecule is CCCCCCCCCCCCCCCC[S+](CC)CCC.[Cl-]. The third-order valence-electron chi connectivity index (χ3n) is 4.69. The van der Waals surface area contributed by atoms with Gasteiger partial charge in [-0.15, -0.1) is 0 Å². The highest BCUT2D eigenvalue weighted by Gasteiger charge is 2.12. The Morgan fingerprint density at radius 1 is 0.435 bits per heavy atom. The standard InChI is InChI=1S/C21H45S.ClH/c1-4-7-8-9-10-11-12-13-14-15-16-17-18-19-21-22(6-3)20-5-2;/h4-21H2,1-3H3;1H/q+1;/p-1. The van der Waals surface area contributed by atoms with E-state index in [-0.39, 0.29) is 12.4 Å². The molecule has 0 aromatic rings. The van der Waals surface area contributed by atoms with Crippen molar-refractivity contribution in [1.82, 2.24) is 0 Å². The molecule has 0 aromatic heterocycles. The summed E-state index contributed by atoms with van der Waals surface area (Å²) in [7, 11) is 0.752. The Balaban J connectivity index is 0. The number of hydrogen-bond donors (Lipinski definition) is 0. The predicted molar refractivity (Wildman–Crippen MR) is 108 cm³/mol. The lowest BCUT2D eigenvalue weighted by molar-refractivity contribution is -0.00000501. The molecule has 0 aliphatic heterocycles. The normalized spacial score (nSPS) is 12.1. The minimum atomic E-state index is 0. The van der Waals surface area contributed by atoms with Gasteiger partial charge in [0.15, 0.2) is 0 Å². The summed E-state index contributed by atoms with van der Waals surface area (Å²) >= 11 is 0. The fraction of sp³-hybridized carbons (Fsp3) is 1.00. The zero-order valence-corrected chi connectivity index (χ0v) is 18.1. The van der Waals surface area contributed by atoms with Gasteiger partial charge in [0.25, 0.3) is 0 Å². The molecule has 0 saturated heterocycles. The summed E-state index contributed by atoms with van der Waals surface area (Å²) in [5, 5.41) is 0. The molecule has 0 aromatic carbocycles. The Bertz CT molecular complexity index is 196. The molecule has 0 spiro atoms. The van der Waals surface area contributed by atoms with Crippen LogP contribution in [0.1, 0.15) is 117 Å². The van der Waals surface area contributed by atoms with E-state index in [9.17, 15) is 0 Å². The summed E-state index contributed by atoms with van der Waals surface area (Å²) < 4.78 is 0. The van der Waals surface area contributed by atoms with Crippen molar-refractivity contribution in [1.29, 1.82) is 0 Å². The number of hydrogen-bond acceptors (Lipinski definition) is 0. The van der Waals surface area contributed by atoms with E-state index >= 15 is 0 Å². The van der Waals surface area contributed by atoms with Crippen molar-refractivity contribution < 1.29 is 12.4 Å². The topological polar surface area (TPSA) is 0 Å². The summed E-state index contributed by atoms with van der Waals surface area (Å²) in [4.78, 5) is 0. The van der Waals surface area contributed by atoms with E-state index in [1.54, 1.807) is 0 Å². The van der Waals surface area contributed by atoms with Crippen molar-refractivity contribution >= 4 is 10.9 Å². The zero-order valence-electron chi connectivity index (χ0n) is 16.5. The molecule has 0 rings (SSSR count). The molecule has 0 bridgehead atoms. The van der Waals surface area contributed by atoms with Crippen molar-refractivity contribution in [2.24, 2.45) is 0 Å². The molecule has 0 heterocycles. The fourth-order valence-electron chi connectivity index (χ4n) is 3.18. The molecule has 0 aliphatic rings. The molecule has 0 amide bonds. The molecule has 0 fully saturated rings. The van der Waals surface area contributed by atoms with Gasteiger partial charge in [0, 0.05) is 0 Å². The van der Waals surface area contributed by atoms with Crippen LogP contribution in [0.15, 0.2) is 0 Å². The average Bonchev–Trinajstić information content (AvgIpc) is 2.54. The van der Waals surface area contributed by atoms with Gasteiger partial charge in [-0.3, -0.25) is 0 Å². The molecule has 23 heavy (non-hydrogen) atoms. The average molecular weight is 365 g/mol. The Morgan fingerprint density at radius 3 is 1.17 bits per heavy atom. The molecule has 0 N–H and O–H groups in total. The quantitative estimate of drug-likeness (QED) is 0.248. The van der Waals surface area contributed by atoms with E-state index in [2.05, 4.69) is 20.8 Å². The highest BCUT2D eigenvalue weighted by Crippen LogP contribution is 2.13. The minimum Gasteiger partial charge on any atom is -1.00 e. The third-order valence-corrected chi connectivity index (χ3v) is 7.36. The van der Waals surface area contributed by atoms with Gasteiger partial charge in [-0.05, 0) is 37.1 Å². The van der Waals surface area contributed by atoms with Gasteiger partial charge in [0.05, 0.1) is 0 Å². The molecule has 1 unspecified atom stereocenters. The van der Waals surface area contributed by atoms with E-state index in [0.29, 0.717) is 0 Å². The molecule has 0 nitrogen and oxygen atoms in total. The van der Waals surface area contributed by atoms with Crippen LogP contribution in [0.5, 0.6) is 0 Å². The van der Waals surface area contributed by atoms with Crippen LogP contribution in [0.2, 0.25) is 0 Å². The Morgan fingerprint density at radius 2 is 0.826 bits per heavy atom. The second-order valence-electron chi connectivity index (χ2n) is 6.91. The maximum Gasteiger partial charge on any atom is 0.108 e. The lowest BCUT2D eigenvalue weighted by atomic mass is 10.0. The predicted octanol–water partition coefficient (Wildman–Crippen LogP) is 4.52. The van der Waals surface area contributed by atoms with Gasteiger partial charge >= 0.3 is 0 Å². The molecule has 0 saturated carbocycles. The smallest absolute Gasteiger partial charge is 0.108 e. The van der Waals surface area contributed by atoms with Gasteiger partial charge in [-0.2, -0.15) is 0 Å². The highest BCUT2D eigenvalue weighted by atomic mass is 35.5. The number of halogens is 1. The lowest BCUT2D eigenvalue weighted by Gasteiger charge is -2.05. The Labute approximate surface area is 157 Å². The van der Waals surface area contributed by atoms with Crippen LogP contribution in [0, 0.1) is 0 Å². The zero-order chi connectivity index (χ0) is 16.3. The molecular weight excluding hydrogens is 320 g/mol. The third kappa shape index (κ3) is 20.6. The van der Waals surface area contributed by atoms with Crippen LogP contribution in [0.4, 0.5) is 0 Å². The van der Waals surface area contributed by atoms with Crippen LogP contribution in [-0.4, -0.2) is 17.3 Å². The first-order valence-electron chi connectivity index (χ1n) is 10.5. The van der Waals surface area contributed by atoms with Gasteiger partial charge in [0.1, 0.15) is 17.3 Å². The number of unbranched alkanes of at least 4 members (excludes halogenated alkanes) is 13. The maximum atomic E-state index is 2.38. The van der Waals surface area contributed by atoms with Gasteiger partial charge in [-0.25, -0.2) is 0 Å².